The summed E-state index contributed by atoms with van der Waals surface area (Å²) in [6.07, 6.45) is 3.99. The molecule has 96 valence electrons. The van der Waals surface area contributed by atoms with Gasteiger partial charge in [0.25, 0.3) is 0 Å². The van der Waals surface area contributed by atoms with Crippen LogP contribution in [0.25, 0.3) is 0 Å². The van der Waals surface area contributed by atoms with Gasteiger partial charge in [-0.3, -0.25) is 4.98 Å². The van der Waals surface area contributed by atoms with Gasteiger partial charge in [0.2, 0.25) is 0 Å². The quantitative estimate of drug-likeness (QED) is 0.785. The highest BCUT2D eigenvalue weighted by Gasteiger charge is 2.12. The Labute approximate surface area is 105 Å². The fraction of sp³-hybridized carbons (Fsp3) is 0.643. The molecule has 1 heterocycles. The monoisotopic (exact) mass is 235 g/mol. The molecule has 0 aliphatic rings. The van der Waals surface area contributed by atoms with Crippen LogP contribution < -0.4 is 5.73 Å². The SMILES string of the molecule is CC[C@H](C)[C@H](N)CN(C)CCc1ccccn1. The molecule has 0 aliphatic carbocycles. The van der Waals surface area contributed by atoms with E-state index < -0.39 is 0 Å². The van der Waals surface area contributed by atoms with E-state index in [9.17, 15) is 0 Å². The standard InChI is InChI=1S/C14H25N3/c1-4-12(2)14(15)11-17(3)10-8-13-7-5-6-9-16-13/h5-7,9,12,14H,4,8,10-11,15H2,1-3H3/t12-,14+/m0/s1. The van der Waals surface area contributed by atoms with E-state index in [0.29, 0.717) is 5.92 Å². The van der Waals surface area contributed by atoms with Crippen LogP contribution in [0.5, 0.6) is 0 Å². The molecule has 0 unspecified atom stereocenters. The summed E-state index contributed by atoms with van der Waals surface area (Å²) in [5, 5.41) is 0. The van der Waals surface area contributed by atoms with Gasteiger partial charge < -0.3 is 10.6 Å². The molecule has 0 fully saturated rings. The third-order valence-electron chi connectivity index (χ3n) is 3.37. The molecular formula is C14H25N3. The summed E-state index contributed by atoms with van der Waals surface area (Å²) in [7, 11) is 2.13. The van der Waals surface area contributed by atoms with Crippen LogP contribution in [-0.2, 0) is 6.42 Å². The molecule has 0 bridgehead atoms. The number of hydrogen-bond donors (Lipinski definition) is 1. The second-order valence-corrected chi connectivity index (χ2v) is 4.88. The molecule has 0 saturated heterocycles. The molecule has 0 spiro atoms. The number of likely N-dealkylation sites (N-methyl/N-ethyl adjacent to an activating group) is 1. The lowest BCUT2D eigenvalue weighted by atomic mass is 10.00. The molecule has 2 atom stereocenters. The summed E-state index contributed by atoms with van der Waals surface area (Å²) in [4.78, 5) is 6.62. The molecule has 0 aromatic carbocycles. The average Bonchev–Trinajstić information content (AvgIpc) is 2.36. The maximum Gasteiger partial charge on any atom is 0.0416 e. The second kappa shape index (κ2) is 7.41. The molecule has 0 aliphatic heterocycles. The lowest BCUT2D eigenvalue weighted by Gasteiger charge is -2.24. The van der Waals surface area contributed by atoms with Crippen molar-refractivity contribution in [1.82, 2.24) is 9.88 Å². The van der Waals surface area contributed by atoms with Gasteiger partial charge >= 0.3 is 0 Å². The minimum atomic E-state index is 0.272. The van der Waals surface area contributed by atoms with Gasteiger partial charge in [-0.1, -0.05) is 26.3 Å². The van der Waals surface area contributed by atoms with Crippen molar-refractivity contribution >= 4 is 0 Å². The van der Waals surface area contributed by atoms with Gasteiger partial charge in [-0.15, -0.1) is 0 Å². The second-order valence-electron chi connectivity index (χ2n) is 4.88. The van der Waals surface area contributed by atoms with E-state index in [1.807, 2.05) is 18.3 Å². The fourth-order valence-electron chi connectivity index (χ4n) is 1.79. The molecule has 17 heavy (non-hydrogen) atoms. The highest BCUT2D eigenvalue weighted by Crippen LogP contribution is 2.06. The summed E-state index contributed by atoms with van der Waals surface area (Å²) in [5.74, 6) is 0.590. The Morgan fingerprint density at radius 1 is 1.41 bits per heavy atom. The molecule has 0 saturated carbocycles. The van der Waals surface area contributed by atoms with Crippen LogP contribution in [0, 0.1) is 5.92 Å². The van der Waals surface area contributed by atoms with Crippen LogP contribution >= 0.6 is 0 Å². The van der Waals surface area contributed by atoms with Crippen LogP contribution in [0.2, 0.25) is 0 Å². The van der Waals surface area contributed by atoms with E-state index in [1.165, 1.54) is 0 Å². The number of nitrogens with zero attached hydrogens (tertiary/aromatic N) is 2. The van der Waals surface area contributed by atoms with Gasteiger partial charge in [-0.2, -0.15) is 0 Å². The van der Waals surface area contributed by atoms with Crippen molar-refractivity contribution in [2.24, 2.45) is 11.7 Å². The van der Waals surface area contributed by atoms with Crippen LogP contribution in [0.1, 0.15) is 26.0 Å². The number of nitrogens with two attached hydrogens (primary N) is 1. The third-order valence-corrected chi connectivity index (χ3v) is 3.37. The smallest absolute Gasteiger partial charge is 0.0416 e. The largest absolute Gasteiger partial charge is 0.326 e. The zero-order valence-electron chi connectivity index (χ0n) is 11.3. The van der Waals surface area contributed by atoms with Crippen molar-refractivity contribution in [3.63, 3.8) is 0 Å². The Balaban J connectivity index is 2.28. The zero-order chi connectivity index (χ0) is 12.7. The highest BCUT2D eigenvalue weighted by molar-refractivity contribution is 5.03. The van der Waals surface area contributed by atoms with Gasteiger partial charge in [0.05, 0.1) is 0 Å². The predicted octanol–water partition coefficient (Wildman–Crippen LogP) is 1.93. The van der Waals surface area contributed by atoms with Gasteiger partial charge in [0, 0.05) is 37.4 Å². The first-order valence-electron chi connectivity index (χ1n) is 6.47. The lowest BCUT2D eigenvalue weighted by Crippen LogP contribution is -2.40. The van der Waals surface area contributed by atoms with Crippen molar-refractivity contribution < 1.29 is 0 Å². The minimum absolute atomic E-state index is 0.272. The number of hydrogen-bond acceptors (Lipinski definition) is 3. The molecule has 1 aromatic heterocycles. The van der Waals surface area contributed by atoms with E-state index in [4.69, 9.17) is 5.73 Å². The van der Waals surface area contributed by atoms with Crippen LogP contribution in [0.15, 0.2) is 24.4 Å². The molecule has 2 N–H and O–H groups in total. The Kier molecular flexibility index (Phi) is 6.16. The average molecular weight is 235 g/mol. The Hall–Kier alpha value is -0.930. The predicted molar refractivity (Wildman–Crippen MR) is 72.9 cm³/mol. The summed E-state index contributed by atoms with van der Waals surface area (Å²) < 4.78 is 0. The van der Waals surface area contributed by atoms with E-state index in [-0.39, 0.29) is 6.04 Å². The first-order valence-corrected chi connectivity index (χ1v) is 6.47. The molecule has 3 heteroatoms. The number of pyridine rings is 1. The fourth-order valence-corrected chi connectivity index (χ4v) is 1.79. The topological polar surface area (TPSA) is 42.1 Å². The Bertz CT molecular complexity index is 300. The van der Waals surface area contributed by atoms with Crippen molar-refractivity contribution in [2.75, 3.05) is 20.1 Å². The van der Waals surface area contributed by atoms with Crippen molar-refractivity contribution in [1.29, 1.82) is 0 Å². The Morgan fingerprint density at radius 2 is 2.18 bits per heavy atom. The molecule has 0 radical (unpaired) electrons. The maximum atomic E-state index is 6.14. The van der Waals surface area contributed by atoms with E-state index in [0.717, 1.165) is 31.6 Å². The number of aromatic nitrogens is 1. The highest BCUT2D eigenvalue weighted by atomic mass is 15.1. The summed E-state index contributed by atoms with van der Waals surface area (Å²) in [5.41, 5.74) is 7.29. The van der Waals surface area contributed by atoms with E-state index in [2.05, 4.69) is 36.8 Å². The van der Waals surface area contributed by atoms with Gasteiger partial charge in [0.15, 0.2) is 0 Å². The van der Waals surface area contributed by atoms with Crippen LogP contribution in [0.4, 0.5) is 0 Å². The summed E-state index contributed by atoms with van der Waals surface area (Å²) in [6, 6.07) is 6.33. The van der Waals surface area contributed by atoms with E-state index in [1.54, 1.807) is 0 Å². The third kappa shape index (κ3) is 5.29. The number of rotatable bonds is 7. The zero-order valence-corrected chi connectivity index (χ0v) is 11.3. The Morgan fingerprint density at radius 3 is 2.76 bits per heavy atom. The van der Waals surface area contributed by atoms with Crippen LogP contribution in [-0.4, -0.2) is 36.1 Å². The van der Waals surface area contributed by atoms with Crippen molar-refractivity contribution in [2.45, 2.75) is 32.7 Å². The van der Waals surface area contributed by atoms with Gasteiger partial charge in [0.1, 0.15) is 0 Å². The lowest BCUT2D eigenvalue weighted by molar-refractivity contribution is 0.276. The molecule has 1 aromatic rings. The molecule has 1 rings (SSSR count). The molecular weight excluding hydrogens is 210 g/mol. The van der Waals surface area contributed by atoms with Crippen molar-refractivity contribution in [3.05, 3.63) is 30.1 Å². The maximum absolute atomic E-state index is 6.14. The normalized spacial score (nSPS) is 14.9. The van der Waals surface area contributed by atoms with Crippen molar-refractivity contribution in [3.8, 4) is 0 Å². The first kappa shape index (κ1) is 14.1. The minimum Gasteiger partial charge on any atom is -0.326 e. The summed E-state index contributed by atoms with van der Waals surface area (Å²) in [6.45, 7) is 6.39. The van der Waals surface area contributed by atoms with Crippen LogP contribution in [0.3, 0.4) is 0 Å². The molecule has 0 amide bonds. The molecule has 3 nitrogen and oxygen atoms in total. The van der Waals surface area contributed by atoms with E-state index >= 15 is 0 Å². The van der Waals surface area contributed by atoms with Gasteiger partial charge in [-0.05, 0) is 25.1 Å². The van der Waals surface area contributed by atoms with Gasteiger partial charge in [-0.25, -0.2) is 0 Å². The summed E-state index contributed by atoms with van der Waals surface area (Å²) >= 11 is 0. The first-order chi connectivity index (χ1) is 8.13.